The maximum Gasteiger partial charge on any atom is 0.250 e. The summed E-state index contributed by atoms with van der Waals surface area (Å²) in [7, 11) is 0. The molecule has 2 unspecified atom stereocenters. The highest BCUT2D eigenvalue weighted by atomic mass is 16.5. The van der Waals surface area contributed by atoms with Gasteiger partial charge in [-0.1, -0.05) is 50.6 Å². The number of fused-ring (bicyclic) bond motifs is 1. The van der Waals surface area contributed by atoms with Gasteiger partial charge in [0.05, 0.1) is 13.2 Å². The van der Waals surface area contributed by atoms with Gasteiger partial charge in [-0.15, -0.1) is 0 Å². The highest BCUT2D eigenvalue weighted by molar-refractivity contribution is 6.00. The fourth-order valence-corrected chi connectivity index (χ4v) is 6.26. The Labute approximate surface area is 224 Å². The zero-order valence-electron chi connectivity index (χ0n) is 22.8. The molecule has 5 rings (SSSR count). The minimum atomic E-state index is -0.926. The molecular weight excluding hydrogens is 480 g/mol. The van der Waals surface area contributed by atoms with Crippen LogP contribution in [0.25, 0.3) is 0 Å². The van der Waals surface area contributed by atoms with Crippen LogP contribution in [0.15, 0.2) is 36.4 Å². The molecule has 202 valence electrons. The normalized spacial score (nSPS) is 23.7. The highest BCUT2D eigenvalue weighted by Gasteiger charge is 2.51. The molecule has 1 N–H and O–H groups in total. The van der Waals surface area contributed by atoms with Crippen LogP contribution in [0.4, 0.5) is 0 Å². The number of amides is 3. The van der Waals surface area contributed by atoms with Crippen LogP contribution in [0.1, 0.15) is 54.4 Å². The molecule has 1 aliphatic carbocycles. The third-order valence-electron chi connectivity index (χ3n) is 8.52. The zero-order valence-corrected chi connectivity index (χ0v) is 22.8. The minimum Gasteiger partial charge on any atom is -0.378 e. The molecular formula is C30H38N4O4. The number of benzene rings is 1. The molecule has 0 radical (unpaired) electrons. The van der Waals surface area contributed by atoms with Crippen molar-refractivity contribution < 1.29 is 19.1 Å². The first-order valence-corrected chi connectivity index (χ1v) is 13.8. The number of carbonyl (C=O) groups is 3. The number of piperazine rings is 1. The molecule has 3 aliphatic rings. The Balaban J connectivity index is 1.58. The topological polar surface area (TPSA) is 91.8 Å². The molecule has 2 aromatic rings. The number of morpholine rings is 1. The van der Waals surface area contributed by atoms with Gasteiger partial charge in [0.15, 0.2) is 0 Å². The zero-order chi connectivity index (χ0) is 27.0. The van der Waals surface area contributed by atoms with E-state index in [1.54, 1.807) is 9.80 Å². The van der Waals surface area contributed by atoms with E-state index >= 15 is 0 Å². The summed E-state index contributed by atoms with van der Waals surface area (Å²) in [4.78, 5) is 50.6. The molecule has 38 heavy (non-hydrogen) atoms. The first-order chi connectivity index (χ1) is 18.3. The standard InChI is InChI=1S/C30H38N4O4/c1-5-18(2)26-28(35)32-25(23-16-21-8-6-7-9-22(21)17-23)29(36)34(26)27(24-11-10-19(3)31-20(24)4)30(37)33-12-14-38-15-13-33/h6-11,18,23,25-27H,5,12-17H2,1-4H3,(H,32,35)/t18?,25-,26-,27?/m1/s1. The summed E-state index contributed by atoms with van der Waals surface area (Å²) in [5, 5.41) is 3.10. The van der Waals surface area contributed by atoms with Gasteiger partial charge in [0, 0.05) is 30.0 Å². The van der Waals surface area contributed by atoms with Crippen LogP contribution in [0.2, 0.25) is 0 Å². The predicted molar refractivity (Wildman–Crippen MR) is 143 cm³/mol. The lowest BCUT2D eigenvalue weighted by Gasteiger charge is -2.47. The van der Waals surface area contributed by atoms with Gasteiger partial charge in [0.2, 0.25) is 17.7 Å². The number of carbonyl (C=O) groups excluding carboxylic acids is 3. The van der Waals surface area contributed by atoms with Gasteiger partial charge in [0.25, 0.3) is 0 Å². The quantitative estimate of drug-likeness (QED) is 0.635. The van der Waals surface area contributed by atoms with Gasteiger partial charge < -0.3 is 19.9 Å². The van der Waals surface area contributed by atoms with Crippen molar-refractivity contribution in [3.05, 3.63) is 64.5 Å². The van der Waals surface area contributed by atoms with Crippen molar-refractivity contribution >= 4 is 17.7 Å². The highest BCUT2D eigenvalue weighted by Crippen LogP contribution is 2.37. The molecule has 0 bridgehead atoms. The smallest absolute Gasteiger partial charge is 0.250 e. The number of hydrogen-bond acceptors (Lipinski definition) is 5. The molecule has 0 saturated carbocycles. The summed E-state index contributed by atoms with van der Waals surface area (Å²) >= 11 is 0. The van der Waals surface area contributed by atoms with E-state index < -0.39 is 18.1 Å². The van der Waals surface area contributed by atoms with Crippen LogP contribution >= 0.6 is 0 Å². The molecule has 3 amide bonds. The largest absolute Gasteiger partial charge is 0.378 e. The average molecular weight is 519 g/mol. The summed E-state index contributed by atoms with van der Waals surface area (Å²) in [5.74, 6) is -0.719. The van der Waals surface area contributed by atoms with Gasteiger partial charge in [-0.25, -0.2) is 0 Å². The number of aromatic nitrogens is 1. The van der Waals surface area contributed by atoms with Crippen LogP contribution in [-0.4, -0.2) is 70.9 Å². The van der Waals surface area contributed by atoms with Gasteiger partial charge in [-0.3, -0.25) is 19.4 Å². The van der Waals surface area contributed by atoms with Crippen LogP contribution in [0, 0.1) is 25.7 Å². The predicted octanol–water partition coefficient (Wildman–Crippen LogP) is 2.76. The van der Waals surface area contributed by atoms with Crippen molar-refractivity contribution in [2.45, 2.75) is 65.1 Å². The summed E-state index contributed by atoms with van der Waals surface area (Å²) in [6.45, 7) is 9.59. The average Bonchev–Trinajstić information content (AvgIpc) is 3.35. The Bertz CT molecular complexity index is 1200. The van der Waals surface area contributed by atoms with E-state index in [1.165, 1.54) is 11.1 Å². The summed E-state index contributed by atoms with van der Waals surface area (Å²) < 4.78 is 5.50. The number of aryl methyl sites for hydroxylation is 2. The third-order valence-corrected chi connectivity index (χ3v) is 8.52. The number of pyridine rings is 1. The number of ether oxygens (including phenoxy) is 1. The Morgan fingerprint density at radius 1 is 1.08 bits per heavy atom. The van der Waals surface area contributed by atoms with Crippen molar-refractivity contribution in [2.75, 3.05) is 26.3 Å². The van der Waals surface area contributed by atoms with E-state index in [4.69, 9.17) is 4.74 Å². The fourth-order valence-electron chi connectivity index (χ4n) is 6.26. The number of nitrogens with zero attached hydrogens (tertiary/aromatic N) is 3. The maximum absolute atomic E-state index is 14.5. The van der Waals surface area contributed by atoms with Crippen molar-refractivity contribution in [3.63, 3.8) is 0 Å². The SMILES string of the molecule is CCC(C)[C@@H]1C(=O)N[C@H](C2Cc3ccccc3C2)C(=O)N1C(C(=O)N1CCOCC1)c1ccc(C)nc1C. The van der Waals surface area contributed by atoms with Crippen LogP contribution in [-0.2, 0) is 32.0 Å². The first-order valence-electron chi connectivity index (χ1n) is 13.8. The van der Waals surface area contributed by atoms with E-state index in [0.29, 0.717) is 44.0 Å². The number of nitrogens with one attached hydrogen (secondary N) is 1. The Morgan fingerprint density at radius 2 is 1.74 bits per heavy atom. The summed E-state index contributed by atoms with van der Waals surface area (Å²) in [5.41, 5.74) is 4.65. The summed E-state index contributed by atoms with van der Waals surface area (Å²) in [6, 6.07) is 9.62. The Kier molecular flexibility index (Phi) is 7.52. The molecule has 0 spiro atoms. The van der Waals surface area contributed by atoms with E-state index in [9.17, 15) is 14.4 Å². The molecule has 1 aromatic heterocycles. The lowest BCUT2D eigenvalue weighted by Crippen LogP contribution is -2.68. The van der Waals surface area contributed by atoms with E-state index in [-0.39, 0.29) is 29.6 Å². The van der Waals surface area contributed by atoms with E-state index in [0.717, 1.165) is 18.5 Å². The van der Waals surface area contributed by atoms with Crippen molar-refractivity contribution in [1.29, 1.82) is 0 Å². The molecule has 3 heterocycles. The van der Waals surface area contributed by atoms with Crippen LogP contribution in [0.5, 0.6) is 0 Å². The monoisotopic (exact) mass is 518 g/mol. The Hall–Kier alpha value is -3.26. The van der Waals surface area contributed by atoms with Crippen molar-refractivity contribution in [2.24, 2.45) is 11.8 Å². The van der Waals surface area contributed by atoms with E-state index in [2.05, 4.69) is 22.4 Å². The molecule has 4 atom stereocenters. The number of hydrogen-bond donors (Lipinski definition) is 1. The Morgan fingerprint density at radius 3 is 2.34 bits per heavy atom. The minimum absolute atomic E-state index is 0.0550. The molecule has 2 saturated heterocycles. The first kappa shape index (κ1) is 26.4. The second kappa shape index (κ2) is 10.8. The summed E-state index contributed by atoms with van der Waals surface area (Å²) in [6.07, 6.45) is 2.15. The molecule has 2 fully saturated rings. The van der Waals surface area contributed by atoms with Gasteiger partial charge >= 0.3 is 0 Å². The maximum atomic E-state index is 14.5. The van der Waals surface area contributed by atoms with E-state index in [1.807, 2.05) is 52.0 Å². The van der Waals surface area contributed by atoms with Crippen LogP contribution < -0.4 is 5.32 Å². The second-order valence-corrected chi connectivity index (χ2v) is 11.0. The second-order valence-electron chi connectivity index (χ2n) is 11.0. The van der Waals surface area contributed by atoms with Crippen LogP contribution in [0.3, 0.4) is 0 Å². The number of rotatable bonds is 6. The lowest BCUT2D eigenvalue weighted by atomic mass is 9.85. The van der Waals surface area contributed by atoms with Gasteiger partial charge in [-0.05, 0) is 55.7 Å². The molecule has 8 heteroatoms. The fraction of sp³-hybridized carbons (Fsp3) is 0.533. The molecule has 1 aromatic carbocycles. The van der Waals surface area contributed by atoms with Gasteiger partial charge in [0.1, 0.15) is 18.1 Å². The van der Waals surface area contributed by atoms with Crippen molar-refractivity contribution in [3.8, 4) is 0 Å². The molecule has 8 nitrogen and oxygen atoms in total. The molecule has 2 aliphatic heterocycles. The van der Waals surface area contributed by atoms with Gasteiger partial charge in [-0.2, -0.15) is 0 Å². The third kappa shape index (κ3) is 4.82. The lowest BCUT2D eigenvalue weighted by molar-refractivity contribution is -0.163. The van der Waals surface area contributed by atoms with Crippen molar-refractivity contribution in [1.82, 2.24) is 20.1 Å².